The van der Waals surface area contributed by atoms with E-state index in [1.165, 1.54) is 12.4 Å². The van der Waals surface area contributed by atoms with Crippen molar-refractivity contribution in [2.45, 2.75) is 52.1 Å². The molecule has 6 nitrogen and oxygen atoms in total. The molecule has 0 aliphatic heterocycles. The monoisotopic (exact) mass is 507 g/mol. The third kappa shape index (κ3) is 5.75. The molecule has 0 saturated carbocycles. The van der Waals surface area contributed by atoms with Gasteiger partial charge >= 0.3 is 12.4 Å². The molecule has 2 rings (SSSR count). The highest BCUT2D eigenvalue weighted by atomic mass is 19.4. The number of carbonyl (C=O) groups excluding carboxylic acids is 1. The quantitative estimate of drug-likeness (QED) is 0.327. The minimum absolute atomic E-state index is 0.0292. The van der Waals surface area contributed by atoms with E-state index in [1.807, 2.05) is 0 Å². The Morgan fingerprint density at radius 3 is 2.14 bits per heavy atom. The zero-order chi connectivity index (χ0) is 26.6. The summed E-state index contributed by atoms with van der Waals surface area (Å²) in [4.78, 5) is 22.3. The van der Waals surface area contributed by atoms with Crippen molar-refractivity contribution in [3.05, 3.63) is 53.1 Å². The smallest absolute Gasteiger partial charge is 0.361 e. The van der Waals surface area contributed by atoms with Crippen molar-refractivity contribution < 1.29 is 40.6 Å². The Hall–Kier alpha value is -2.73. The Morgan fingerprint density at radius 1 is 1.06 bits per heavy atom. The molecule has 0 spiro atoms. The van der Waals surface area contributed by atoms with Crippen LogP contribution in [0.15, 0.2) is 30.6 Å². The number of anilines is 1. The molecular formula is C23H27F6N3O3. The molecule has 194 valence electrons. The number of aromatic nitrogens is 2. The standard InChI is InChI=1S/C23H27F6N3O3/c1-6-35-13-32(20(33)19-15(4)30-9-10-31-19)17-7-8-18(16(12-17)11-14(2)3)21(34-5,22(24,25)26)23(27,28)29/h7-10,12,14H,6,11,13H2,1-5H3. The van der Waals surface area contributed by atoms with Crippen LogP contribution in [0.25, 0.3) is 0 Å². The van der Waals surface area contributed by atoms with Gasteiger partial charge in [-0.1, -0.05) is 19.9 Å². The van der Waals surface area contributed by atoms with Crippen LogP contribution < -0.4 is 4.90 Å². The van der Waals surface area contributed by atoms with Gasteiger partial charge in [-0.05, 0) is 43.9 Å². The van der Waals surface area contributed by atoms with E-state index in [-0.39, 0.29) is 42.6 Å². The molecule has 2 aromatic rings. The van der Waals surface area contributed by atoms with Gasteiger partial charge in [0.15, 0.2) is 0 Å². The van der Waals surface area contributed by atoms with Crippen LogP contribution >= 0.6 is 0 Å². The van der Waals surface area contributed by atoms with E-state index in [2.05, 4.69) is 14.7 Å². The van der Waals surface area contributed by atoms with Gasteiger partial charge in [0, 0.05) is 37.4 Å². The summed E-state index contributed by atoms with van der Waals surface area (Å²) in [6.07, 6.45) is -9.06. The average molecular weight is 507 g/mol. The molecule has 0 aliphatic carbocycles. The highest BCUT2D eigenvalue weighted by Gasteiger charge is 2.73. The highest BCUT2D eigenvalue weighted by molar-refractivity contribution is 6.05. The summed E-state index contributed by atoms with van der Waals surface area (Å²) < 4.78 is 93.3. The number of ether oxygens (including phenoxy) is 2. The zero-order valence-electron chi connectivity index (χ0n) is 19.9. The lowest BCUT2D eigenvalue weighted by molar-refractivity contribution is -0.383. The Kier molecular flexibility index (Phi) is 8.88. The number of nitrogens with zero attached hydrogens (tertiary/aromatic N) is 3. The summed E-state index contributed by atoms with van der Waals surface area (Å²) in [6.45, 7) is 6.42. The maximum absolute atomic E-state index is 13.9. The molecule has 0 radical (unpaired) electrons. The molecule has 1 aromatic carbocycles. The second-order valence-corrected chi connectivity index (χ2v) is 8.17. The number of alkyl halides is 6. The number of hydrogen-bond donors (Lipinski definition) is 0. The van der Waals surface area contributed by atoms with Crippen molar-refractivity contribution in [2.24, 2.45) is 5.92 Å². The van der Waals surface area contributed by atoms with Gasteiger partial charge in [-0.25, -0.2) is 4.98 Å². The van der Waals surface area contributed by atoms with Crippen molar-refractivity contribution >= 4 is 11.6 Å². The maximum atomic E-state index is 13.9. The molecule has 0 saturated heterocycles. The van der Waals surface area contributed by atoms with Crippen molar-refractivity contribution in [2.75, 3.05) is 25.3 Å². The Labute approximate surface area is 199 Å². The molecule has 0 aliphatic rings. The first kappa shape index (κ1) is 28.5. The molecule has 1 heterocycles. The zero-order valence-corrected chi connectivity index (χ0v) is 19.9. The van der Waals surface area contributed by atoms with E-state index in [1.54, 1.807) is 27.7 Å². The highest BCUT2D eigenvalue weighted by Crippen LogP contribution is 2.54. The number of hydrogen-bond acceptors (Lipinski definition) is 5. The molecule has 0 unspecified atom stereocenters. The van der Waals surface area contributed by atoms with Crippen LogP contribution in [-0.4, -0.2) is 48.7 Å². The van der Waals surface area contributed by atoms with Gasteiger partial charge in [0.1, 0.15) is 12.4 Å². The van der Waals surface area contributed by atoms with Gasteiger partial charge in [-0.2, -0.15) is 26.3 Å². The Morgan fingerprint density at radius 2 is 1.66 bits per heavy atom. The number of rotatable bonds is 9. The van der Waals surface area contributed by atoms with Gasteiger partial charge < -0.3 is 9.47 Å². The number of halogens is 6. The summed E-state index contributed by atoms with van der Waals surface area (Å²) in [5.41, 5.74) is -5.58. The van der Waals surface area contributed by atoms with Crippen LogP contribution in [0.5, 0.6) is 0 Å². The summed E-state index contributed by atoms with van der Waals surface area (Å²) in [5.74, 6) is -0.977. The number of methoxy groups -OCH3 is 1. The van der Waals surface area contributed by atoms with Crippen LogP contribution in [0.2, 0.25) is 0 Å². The van der Waals surface area contributed by atoms with Crippen LogP contribution in [0.3, 0.4) is 0 Å². The lowest BCUT2D eigenvalue weighted by Crippen LogP contribution is -2.56. The molecule has 1 amide bonds. The van der Waals surface area contributed by atoms with Gasteiger partial charge in [0.25, 0.3) is 11.5 Å². The van der Waals surface area contributed by atoms with Crippen LogP contribution in [0.4, 0.5) is 32.0 Å². The van der Waals surface area contributed by atoms with Crippen LogP contribution in [0.1, 0.15) is 48.1 Å². The van der Waals surface area contributed by atoms with Gasteiger partial charge in [0.05, 0.1) is 5.69 Å². The first-order valence-corrected chi connectivity index (χ1v) is 10.7. The molecule has 0 N–H and O–H groups in total. The first-order chi connectivity index (χ1) is 16.2. The molecule has 0 atom stereocenters. The first-order valence-electron chi connectivity index (χ1n) is 10.7. The summed E-state index contributed by atoms with van der Waals surface area (Å²) in [5, 5.41) is 0. The topological polar surface area (TPSA) is 64.5 Å². The number of benzene rings is 1. The summed E-state index contributed by atoms with van der Waals surface area (Å²) in [6, 6.07) is 2.84. The van der Waals surface area contributed by atoms with E-state index >= 15 is 0 Å². The Bertz CT molecular complexity index is 1010. The van der Waals surface area contributed by atoms with E-state index < -0.39 is 29.4 Å². The maximum Gasteiger partial charge on any atom is 0.430 e. The molecule has 12 heteroatoms. The van der Waals surface area contributed by atoms with E-state index in [9.17, 15) is 31.1 Å². The van der Waals surface area contributed by atoms with Gasteiger partial charge in [-0.3, -0.25) is 14.7 Å². The number of carbonyl (C=O) groups is 1. The lowest BCUT2D eigenvalue weighted by Gasteiger charge is -2.38. The SMILES string of the molecule is CCOCN(C(=O)c1nccnc1C)c1ccc(C(OC)(C(F)(F)F)C(F)(F)F)c(CC(C)C)c1. The predicted molar refractivity (Wildman–Crippen MR) is 116 cm³/mol. The Balaban J connectivity index is 2.76. The molecule has 1 aromatic heterocycles. The minimum atomic E-state index is -5.80. The van der Waals surface area contributed by atoms with Crippen molar-refractivity contribution in [1.29, 1.82) is 0 Å². The van der Waals surface area contributed by atoms with E-state index in [0.717, 1.165) is 17.0 Å². The summed E-state index contributed by atoms with van der Waals surface area (Å²) >= 11 is 0. The lowest BCUT2D eigenvalue weighted by atomic mass is 9.84. The molecular weight excluding hydrogens is 480 g/mol. The van der Waals surface area contributed by atoms with Crippen molar-refractivity contribution in [1.82, 2.24) is 9.97 Å². The second-order valence-electron chi connectivity index (χ2n) is 8.17. The fraction of sp³-hybridized carbons (Fsp3) is 0.522. The fourth-order valence-electron chi connectivity index (χ4n) is 3.69. The average Bonchev–Trinajstić information content (AvgIpc) is 2.74. The molecule has 35 heavy (non-hydrogen) atoms. The van der Waals surface area contributed by atoms with Crippen LogP contribution in [-0.2, 0) is 21.5 Å². The third-order valence-electron chi connectivity index (χ3n) is 5.27. The fourth-order valence-corrected chi connectivity index (χ4v) is 3.69. The molecule has 0 bridgehead atoms. The minimum Gasteiger partial charge on any atom is -0.361 e. The largest absolute Gasteiger partial charge is 0.430 e. The van der Waals surface area contributed by atoms with E-state index in [4.69, 9.17) is 4.74 Å². The van der Waals surface area contributed by atoms with Gasteiger partial charge in [-0.15, -0.1) is 0 Å². The summed E-state index contributed by atoms with van der Waals surface area (Å²) in [7, 11) is 0.371. The number of aryl methyl sites for hydroxylation is 1. The third-order valence-corrected chi connectivity index (χ3v) is 5.27. The normalized spacial score (nSPS) is 12.8. The predicted octanol–water partition coefficient (Wildman–Crippen LogP) is 5.59. The van der Waals surface area contributed by atoms with Gasteiger partial charge in [0.2, 0.25) is 0 Å². The second kappa shape index (κ2) is 10.9. The van der Waals surface area contributed by atoms with Crippen molar-refractivity contribution in [3.8, 4) is 0 Å². The number of amides is 1. The van der Waals surface area contributed by atoms with Crippen molar-refractivity contribution in [3.63, 3.8) is 0 Å². The van der Waals surface area contributed by atoms with E-state index in [0.29, 0.717) is 18.9 Å². The molecule has 0 fully saturated rings. The van der Waals surface area contributed by atoms with Crippen LogP contribution in [0, 0.1) is 12.8 Å².